The second-order valence-corrected chi connectivity index (χ2v) is 5.25. The highest BCUT2D eigenvalue weighted by atomic mass is 79.9. The van der Waals surface area contributed by atoms with E-state index in [2.05, 4.69) is 22.9 Å². The summed E-state index contributed by atoms with van der Waals surface area (Å²) < 4.78 is 1.07. The Morgan fingerprint density at radius 3 is 2.62 bits per heavy atom. The SMILES string of the molecule is CCc1sc(C(=O)C(C)C)cc1Br. The number of Topliss-reactive ketones (excluding diaryl/α,β-unsaturated/α-hetero) is 1. The Balaban J connectivity index is 2.97. The maximum absolute atomic E-state index is 11.6. The fourth-order valence-electron chi connectivity index (χ4n) is 1.05. The lowest BCUT2D eigenvalue weighted by Crippen LogP contribution is -2.04. The number of hydrogen-bond acceptors (Lipinski definition) is 2. The van der Waals surface area contributed by atoms with Gasteiger partial charge in [0.15, 0.2) is 5.78 Å². The summed E-state index contributed by atoms with van der Waals surface area (Å²) in [5.41, 5.74) is 0. The predicted molar refractivity (Wildman–Crippen MR) is 60.6 cm³/mol. The van der Waals surface area contributed by atoms with Gasteiger partial charge in [0.2, 0.25) is 0 Å². The zero-order valence-electron chi connectivity index (χ0n) is 8.06. The number of halogens is 1. The van der Waals surface area contributed by atoms with E-state index < -0.39 is 0 Å². The molecule has 0 aliphatic rings. The van der Waals surface area contributed by atoms with Gasteiger partial charge in [-0.3, -0.25) is 4.79 Å². The zero-order chi connectivity index (χ0) is 10.0. The molecule has 72 valence electrons. The van der Waals surface area contributed by atoms with E-state index >= 15 is 0 Å². The van der Waals surface area contributed by atoms with Crippen molar-refractivity contribution in [3.05, 3.63) is 20.3 Å². The quantitative estimate of drug-likeness (QED) is 0.754. The van der Waals surface area contributed by atoms with Gasteiger partial charge >= 0.3 is 0 Å². The van der Waals surface area contributed by atoms with Crippen molar-refractivity contribution >= 4 is 33.0 Å². The first-order chi connectivity index (χ1) is 6.06. The maximum Gasteiger partial charge on any atom is 0.175 e. The zero-order valence-corrected chi connectivity index (χ0v) is 10.5. The topological polar surface area (TPSA) is 17.1 Å². The molecule has 0 bridgehead atoms. The van der Waals surface area contributed by atoms with Crippen LogP contribution < -0.4 is 0 Å². The first kappa shape index (κ1) is 10.9. The van der Waals surface area contributed by atoms with Crippen molar-refractivity contribution in [3.8, 4) is 0 Å². The number of aryl methyl sites for hydroxylation is 1. The smallest absolute Gasteiger partial charge is 0.175 e. The van der Waals surface area contributed by atoms with Crippen LogP contribution in [-0.2, 0) is 6.42 Å². The molecule has 0 aromatic carbocycles. The number of thiophene rings is 1. The van der Waals surface area contributed by atoms with Crippen molar-refractivity contribution in [1.82, 2.24) is 0 Å². The molecule has 0 atom stereocenters. The van der Waals surface area contributed by atoms with Gasteiger partial charge in [0, 0.05) is 15.3 Å². The number of ketones is 1. The van der Waals surface area contributed by atoms with E-state index in [-0.39, 0.29) is 11.7 Å². The van der Waals surface area contributed by atoms with Gasteiger partial charge in [-0.05, 0) is 28.4 Å². The van der Waals surface area contributed by atoms with Crippen molar-refractivity contribution < 1.29 is 4.79 Å². The normalized spacial score (nSPS) is 10.8. The lowest BCUT2D eigenvalue weighted by molar-refractivity contribution is 0.0943. The van der Waals surface area contributed by atoms with Crippen LogP contribution in [0.5, 0.6) is 0 Å². The lowest BCUT2D eigenvalue weighted by atomic mass is 10.1. The van der Waals surface area contributed by atoms with Crippen LogP contribution in [0.25, 0.3) is 0 Å². The fraction of sp³-hybridized carbons (Fsp3) is 0.500. The van der Waals surface area contributed by atoms with E-state index in [0.717, 1.165) is 15.8 Å². The molecule has 1 heterocycles. The Labute approximate surface area is 91.3 Å². The summed E-state index contributed by atoms with van der Waals surface area (Å²) >= 11 is 5.05. The molecule has 0 spiro atoms. The molecule has 0 amide bonds. The number of carbonyl (C=O) groups excluding carboxylic acids is 1. The first-order valence-corrected chi connectivity index (χ1v) is 5.99. The Morgan fingerprint density at radius 1 is 1.62 bits per heavy atom. The Bertz CT molecular complexity index is 315. The van der Waals surface area contributed by atoms with Gasteiger partial charge in [0.1, 0.15) is 0 Å². The van der Waals surface area contributed by atoms with Crippen molar-refractivity contribution in [2.45, 2.75) is 27.2 Å². The van der Waals surface area contributed by atoms with Crippen LogP contribution in [0, 0.1) is 5.92 Å². The van der Waals surface area contributed by atoms with Crippen molar-refractivity contribution in [1.29, 1.82) is 0 Å². The summed E-state index contributed by atoms with van der Waals surface area (Å²) in [6.07, 6.45) is 0.983. The third-order valence-corrected chi connectivity index (χ3v) is 4.11. The van der Waals surface area contributed by atoms with Crippen LogP contribution in [0.4, 0.5) is 0 Å². The van der Waals surface area contributed by atoms with E-state index in [4.69, 9.17) is 0 Å². The molecule has 0 saturated carbocycles. The van der Waals surface area contributed by atoms with Crippen LogP contribution in [0.3, 0.4) is 0 Å². The molecule has 0 aliphatic heterocycles. The van der Waals surface area contributed by atoms with Gasteiger partial charge in [-0.25, -0.2) is 0 Å². The number of hydrogen-bond donors (Lipinski definition) is 0. The van der Waals surface area contributed by atoms with E-state index in [1.165, 1.54) is 4.88 Å². The third-order valence-electron chi connectivity index (χ3n) is 1.85. The molecule has 1 rings (SSSR count). The molecule has 0 fully saturated rings. The largest absolute Gasteiger partial charge is 0.293 e. The summed E-state index contributed by atoms with van der Waals surface area (Å²) in [5.74, 6) is 0.334. The van der Waals surface area contributed by atoms with Gasteiger partial charge in [0.25, 0.3) is 0 Å². The van der Waals surface area contributed by atoms with Gasteiger partial charge in [-0.2, -0.15) is 0 Å². The van der Waals surface area contributed by atoms with E-state index in [0.29, 0.717) is 0 Å². The molecule has 0 N–H and O–H groups in total. The second kappa shape index (κ2) is 4.38. The highest BCUT2D eigenvalue weighted by Gasteiger charge is 2.14. The first-order valence-electron chi connectivity index (χ1n) is 4.38. The molecule has 0 aliphatic carbocycles. The average Bonchev–Trinajstić information content (AvgIpc) is 2.45. The van der Waals surface area contributed by atoms with Crippen LogP contribution in [0.15, 0.2) is 10.5 Å². The van der Waals surface area contributed by atoms with Crippen LogP contribution >= 0.6 is 27.3 Å². The van der Waals surface area contributed by atoms with Gasteiger partial charge in [0.05, 0.1) is 4.88 Å². The maximum atomic E-state index is 11.6. The van der Waals surface area contributed by atoms with E-state index in [9.17, 15) is 4.79 Å². The number of carbonyl (C=O) groups is 1. The van der Waals surface area contributed by atoms with Gasteiger partial charge in [-0.1, -0.05) is 20.8 Å². The van der Waals surface area contributed by atoms with Gasteiger partial charge < -0.3 is 0 Å². The van der Waals surface area contributed by atoms with Gasteiger partial charge in [-0.15, -0.1) is 11.3 Å². The van der Waals surface area contributed by atoms with Crippen LogP contribution in [0.2, 0.25) is 0 Å². The second-order valence-electron chi connectivity index (χ2n) is 3.25. The summed E-state index contributed by atoms with van der Waals surface area (Å²) in [6.45, 7) is 5.96. The summed E-state index contributed by atoms with van der Waals surface area (Å²) in [7, 11) is 0. The summed E-state index contributed by atoms with van der Waals surface area (Å²) in [5, 5.41) is 0. The molecule has 1 aromatic rings. The Hall–Kier alpha value is -0.150. The molecule has 0 radical (unpaired) electrons. The molecule has 0 unspecified atom stereocenters. The highest BCUT2D eigenvalue weighted by molar-refractivity contribution is 9.10. The molecule has 0 saturated heterocycles. The third kappa shape index (κ3) is 2.41. The molecule has 3 heteroatoms. The number of rotatable bonds is 3. The summed E-state index contributed by atoms with van der Waals surface area (Å²) in [6, 6.07) is 1.94. The Kier molecular flexibility index (Phi) is 3.68. The minimum atomic E-state index is 0.0928. The molecular formula is C10H13BrOS. The molecule has 1 nitrogen and oxygen atoms in total. The van der Waals surface area contributed by atoms with Crippen molar-refractivity contribution in [3.63, 3.8) is 0 Å². The molecule has 13 heavy (non-hydrogen) atoms. The van der Waals surface area contributed by atoms with Crippen molar-refractivity contribution in [2.75, 3.05) is 0 Å². The summed E-state index contributed by atoms with van der Waals surface area (Å²) in [4.78, 5) is 13.7. The van der Waals surface area contributed by atoms with Crippen LogP contribution in [0.1, 0.15) is 35.3 Å². The predicted octanol–water partition coefficient (Wildman–Crippen LogP) is 3.91. The highest BCUT2D eigenvalue weighted by Crippen LogP contribution is 2.29. The Morgan fingerprint density at radius 2 is 2.23 bits per heavy atom. The standard InChI is InChI=1S/C10H13BrOS/c1-4-8-7(11)5-9(13-8)10(12)6(2)3/h5-6H,4H2,1-3H3. The van der Waals surface area contributed by atoms with Crippen LogP contribution in [-0.4, -0.2) is 5.78 Å². The molecule has 1 aromatic heterocycles. The fourth-order valence-corrected chi connectivity index (χ4v) is 3.04. The minimum absolute atomic E-state index is 0.0928. The van der Waals surface area contributed by atoms with E-state index in [1.54, 1.807) is 11.3 Å². The minimum Gasteiger partial charge on any atom is -0.293 e. The van der Waals surface area contributed by atoms with Crippen molar-refractivity contribution in [2.24, 2.45) is 5.92 Å². The lowest BCUT2D eigenvalue weighted by Gasteiger charge is -1.98. The average molecular weight is 261 g/mol. The molecular weight excluding hydrogens is 248 g/mol. The monoisotopic (exact) mass is 260 g/mol. The van der Waals surface area contributed by atoms with E-state index in [1.807, 2.05) is 19.9 Å².